The second-order valence-electron chi connectivity index (χ2n) is 10.5. The van der Waals surface area contributed by atoms with Gasteiger partial charge in [0, 0.05) is 53.4 Å². The van der Waals surface area contributed by atoms with E-state index in [0.29, 0.717) is 12.8 Å². The van der Waals surface area contributed by atoms with Gasteiger partial charge in [0.05, 0.1) is 7.11 Å². The molecule has 1 aromatic carbocycles. The number of hydrogen-bond donors (Lipinski definition) is 0. The highest BCUT2D eigenvalue weighted by atomic mass is 16.5. The summed E-state index contributed by atoms with van der Waals surface area (Å²) in [6, 6.07) is 7.85. The zero-order valence-electron chi connectivity index (χ0n) is 19.1. The van der Waals surface area contributed by atoms with Crippen LogP contribution in [0.15, 0.2) is 46.8 Å². The van der Waals surface area contributed by atoms with Gasteiger partial charge >= 0.3 is 0 Å². The molecular weight excluding hydrogens is 374 g/mol. The van der Waals surface area contributed by atoms with Crippen LogP contribution in [0.5, 0.6) is 5.75 Å². The third kappa shape index (κ3) is 3.30. The van der Waals surface area contributed by atoms with Crippen LogP contribution in [0.25, 0.3) is 0 Å². The van der Waals surface area contributed by atoms with Gasteiger partial charge in [0.15, 0.2) is 11.6 Å². The molecule has 0 spiro atoms. The van der Waals surface area contributed by atoms with Gasteiger partial charge < -0.3 is 9.64 Å². The van der Waals surface area contributed by atoms with Crippen molar-refractivity contribution < 1.29 is 14.3 Å². The zero-order chi connectivity index (χ0) is 21.8. The number of carbonyl (C=O) groups is 2. The van der Waals surface area contributed by atoms with Crippen LogP contribution in [-0.2, 0) is 9.59 Å². The molecule has 0 atom stereocenters. The lowest BCUT2D eigenvalue weighted by Gasteiger charge is -2.49. The average molecular weight is 408 g/mol. The normalized spacial score (nSPS) is 23.5. The van der Waals surface area contributed by atoms with Crippen molar-refractivity contribution in [3.05, 3.63) is 52.4 Å². The van der Waals surface area contributed by atoms with E-state index in [2.05, 4.69) is 39.5 Å². The van der Waals surface area contributed by atoms with Crippen molar-refractivity contribution in [2.45, 2.75) is 66.2 Å². The first-order valence-electron chi connectivity index (χ1n) is 11.0. The quantitative estimate of drug-likeness (QED) is 0.673. The van der Waals surface area contributed by atoms with Crippen LogP contribution in [0, 0.1) is 10.8 Å². The minimum atomic E-state index is -0.332. The molecule has 3 aliphatic rings. The van der Waals surface area contributed by atoms with Gasteiger partial charge in [-0.05, 0) is 36.7 Å². The number of allylic oxidation sites excluding steroid dienone is 4. The number of methoxy groups -OCH3 is 1. The molecule has 2 aliphatic carbocycles. The highest BCUT2D eigenvalue weighted by Gasteiger charge is 2.49. The first-order chi connectivity index (χ1) is 14.1. The maximum atomic E-state index is 13.5. The van der Waals surface area contributed by atoms with Gasteiger partial charge in [0.1, 0.15) is 5.75 Å². The summed E-state index contributed by atoms with van der Waals surface area (Å²) >= 11 is 0. The molecule has 160 valence electrons. The molecule has 0 N–H and O–H groups in total. The number of benzene rings is 1. The monoisotopic (exact) mass is 407 g/mol. The predicted molar refractivity (Wildman–Crippen MR) is 118 cm³/mol. The van der Waals surface area contributed by atoms with Crippen LogP contribution in [0.1, 0.15) is 71.8 Å². The van der Waals surface area contributed by atoms with Crippen molar-refractivity contribution in [2.75, 3.05) is 13.7 Å². The summed E-state index contributed by atoms with van der Waals surface area (Å²) in [7, 11) is 1.65. The van der Waals surface area contributed by atoms with Gasteiger partial charge in [-0.3, -0.25) is 9.59 Å². The number of Topliss-reactive ketones (excluding diaryl/α,β-unsaturated/α-hetero) is 2. The van der Waals surface area contributed by atoms with Gasteiger partial charge in [-0.2, -0.15) is 0 Å². The summed E-state index contributed by atoms with van der Waals surface area (Å²) in [5.74, 6) is 0.738. The van der Waals surface area contributed by atoms with Crippen LogP contribution in [-0.4, -0.2) is 30.1 Å². The Balaban J connectivity index is 2.02. The fraction of sp³-hybridized carbons (Fsp3) is 0.538. The standard InChI is InChI=1S/C26H33NO3/c1-7-27-17-12-25(2,3)14-19(28)23(17)22(16-10-8-9-11-21(16)30-6)24-18(27)13-26(4,5)15-20(24)29/h8-11,22H,7,12-15H2,1-6H3. The summed E-state index contributed by atoms with van der Waals surface area (Å²) < 4.78 is 5.68. The number of para-hydroxylation sites is 1. The SMILES string of the molecule is CCN1C2=C(C(=O)CC(C)(C)C2)C(c2ccccc2OC)C2=C1CC(C)(C)CC2=O. The van der Waals surface area contributed by atoms with E-state index in [1.54, 1.807) is 7.11 Å². The number of ether oxygens (including phenoxy) is 1. The maximum Gasteiger partial charge on any atom is 0.162 e. The van der Waals surface area contributed by atoms with Crippen LogP contribution in [0.2, 0.25) is 0 Å². The van der Waals surface area contributed by atoms with Crippen molar-refractivity contribution in [1.29, 1.82) is 0 Å². The molecule has 1 heterocycles. The molecule has 0 saturated heterocycles. The Bertz CT molecular complexity index is 926. The van der Waals surface area contributed by atoms with E-state index in [9.17, 15) is 9.59 Å². The van der Waals surface area contributed by atoms with Crippen LogP contribution >= 0.6 is 0 Å². The molecule has 0 unspecified atom stereocenters. The summed E-state index contributed by atoms with van der Waals surface area (Å²) in [6.07, 6.45) is 2.71. The molecule has 0 amide bonds. The van der Waals surface area contributed by atoms with E-state index in [1.807, 2.05) is 24.3 Å². The Morgan fingerprint density at radius 1 is 0.900 bits per heavy atom. The van der Waals surface area contributed by atoms with Crippen molar-refractivity contribution >= 4 is 11.6 Å². The molecule has 0 fully saturated rings. The minimum Gasteiger partial charge on any atom is -0.496 e. The third-order valence-corrected chi connectivity index (χ3v) is 6.79. The van der Waals surface area contributed by atoms with Gasteiger partial charge in [-0.25, -0.2) is 0 Å². The Kier molecular flexibility index (Phi) is 4.95. The predicted octanol–water partition coefficient (Wildman–Crippen LogP) is 5.40. The van der Waals surface area contributed by atoms with Gasteiger partial charge in [0.2, 0.25) is 0 Å². The van der Waals surface area contributed by atoms with E-state index in [-0.39, 0.29) is 28.3 Å². The number of rotatable bonds is 3. The molecule has 4 nitrogen and oxygen atoms in total. The molecule has 0 bridgehead atoms. The van der Waals surface area contributed by atoms with E-state index < -0.39 is 0 Å². The van der Waals surface area contributed by atoms with E-state index in [4.69, 9.17) is 4.74 Å². The van der Waals surface area contributed by atoms with Crippen LogP contribution < -0.4 is 4.74 Å². The lowest BCUT2D eigenvalue weighted by atomic mass is 9.63. The molecular formula is C26H33NO3. The molecule has 1 aromatic rings. The first kappa shape index (κ1) is 20.9. The maximum absolute atomic E-state index is 13.5. The van der Waals surface area contributed by atoms with E-state index >= 15 is 0 Å². The second kappa shape index (κ2) is 7.11. The fourth-order valence-electron chi connectivity index (χ4n) is 5.65. The summed E-state index contributed by atoms with van der Waals surface area (Å²) in [6.45, 7) is 11.6. The Labute approximate surface area is 180 Å². The van der Waals surface area contributed by atoms with Gasteiger partial charge in [0.25, 0.3) is 0 Å². The van der Waals surface area contributed by atoms with Crippen LogP contribution in [0.4, 0.5) is 0 Å². The summed E-state index contributed by atoms with van der Waals surface area (Å²) in [5.41, 5.74) is 4.61. The van der Waals surface area contributed by atoms with E-state index in [1.165, 1.54) is 0 Å². The molecule has 1 aliphatic heterocycles. The average Bonchev–Trinajstić information content (AvgIpc) is 2.64. The summed E-state index contributed by atoms with van der Waals surface area (Å²) in [4.78, 5) is 29.4. The molecule has 30 heavy (non-hydrogen) atoms. The van der Waals surface area contributed by atoms with Crippen molar-refractivity contribution in [2.24, 2.45) is 10.8 Å². The molecule has 0 radical (unpaired) electrons. The largest absolute Gasteiger partial charge is 0.496 e. The molecule has 4 heteroatoms. The van der Waals surface area contributed by atoms with E-state index in [0.717, 1.165) is 53.2 Å². The number of ketones is 2. The van der Waals surface area contributed by atoms with Crippen molar-refractivity contribution in [1.82, 2.24) is 4.90 Å². The lowest BCUT2D eigenvalue weighted by Crippen LogP contribution is -2.44. The number of nitrogens with zero attached hydrogens (tertiary/aromatic N) is 1. The van der Waals surface area contributed by atoms with Gasteiger partial charge in [-0.15, -0.1) is 0 Å². The smallest absolute Gasteiger partial charge is 0.162 e. The van der Waals surface area contributed by atoms with Gasteiger partial charge in [-0.1, -0.05) is 45.9 Å². The lowest BCUT2D eigenvalue weighted by molar-refractivity contribution is -0.119. The Hall–Kier alpha value is -2.36. The molecule has 0 aromatic heterocycles. The number of carbonyl (C=O) groups excluding carboxylic acids is 2. The molecule has 0 saturated carbocycles. The third-order valence-electron chi connectivity index (χ3n) is 6.79. The van der Waals surface area contributed by atoms with Crippen LogP contribution in [0.3, 0.4) is 0 Å². The molecule has 4 rings (SSSR count). The van der Waals surface area contributed by atoms with Crippen molar-refractivity contribution in [3.63, 3.8) is 0 Å². The fourth-order valence-corrected chi connectivity index (χ4v) is 5.65. The topological polar surface area (TPSA) is 46.6 Å². The second-order valence-corrected chi connectivity index (χ2v) is 10.5. The minimum absolute atomic E-state index is 0.0824. The highest BCUT2D eigenvalue weighted by Crippen LogP contribution is 2.55. The summed E-state index contributed by atoms with van der Waals surface area (Å²) in [5, 5.41) is 0. The zero-order valence-corrected chi connectivity index (χ0v) is 19.1. The Morgan fingerprint density at radius 2 is 1.40 bits per heavy atom. The Morgan fingerprint density at radius 3 is 1.87 bits per heavy atom. The van der Waals surface area contributed by atoms with Crippen molar-refractivity contribution in [3.8, 4) is 5.75 Å². The number of hydrogen-bond acceptors (Lipinski definition) is 4. The highest BCUT2D eigenvalue weighted by molar-refractivity contribution is 6.07. The first-order valence-corrected chi connectivity index (χ1v) is 11.0.